The van der Waals surface area contributed by atoms with Crippen LogP contribution in [-0.4, -0.2) is 34.6 Å². The largest absolute Gasteiger partial charge is 0.490 e. The van der Waals surface area contributed by atoms with Crippen molar-refractivity contribution in [3.8, 4) is 5.75 Å². The van der Waals surface area contributed by atoms with Crippen molar-refractivity contribution >= 4 is 10.9 Å². The van der Waals surface area contributed by atoms with E-state index in [1.807, 2.05) is 12.3 Å². The first-order chi connectivity index (χ1) is 10.4. The molecule has 1 aliphatic rings. The summed E-state index contributed by atoms with van der Waals surface area (Å²) in [5, 5.41) is 1.13. The van der Waals surface area contributed by atoms with Crippen molar-refractivity contribution in [2.45, 2.75) is 52.2 Å². The topological polar surface area (TPSA) is 25.4 Å². The summed E-state index contributed by atoms with van der Waals surface area (Å²) in [5.41, 5.74) is 2.50. The zero-order valence-corrected chi connectivity index (χ0v) is 14.1. The molecule has 0 unspecified atom stereocenters. The summed E-state index contributed by atoms with van der Waals surface area (Å²) in [6.07, 6.45) is 4.35. The van der Waals surface area contributed by atoms with Gasteiger partial charge in [-0.15, -0.1) is 0 Å². The van der Waals surface area contributed by atoms with Gasteiger partial charge in [0.1, 0.15) is 11.9 Å². The Bertz CT molecular complexity index is 652. The average Bonchev–Trinajstić information content (AvgIpc) is 2.48. The van der Waals surface area contributed by atoms with E-state index in [-0.39, 0.29) is 5.54 Å². The molecule has 1 aromatic carbocycles. The fourth-order valence-corrected chi connectivity index (χ4v) is 3.23. The third-order valence-electron chi connectivity index (χ3n) is 4.62. The second-order valence-corrected chi connectivity index (χ2v) is 7.26. The van der Waals surface area contributed by atoms with Gasteiger partial charge >= 0.3 is 0 Å². The first-order valence-corrected chi connectivity index (χ1v) is 8.21. The van der Waals surface area contributed by atoms with Crippen LogP contribution in [0.4, 0.5) is 0 Å². The van der Waals surface area contributed by atoms with Crippen molar-refractivity contribution in [3.05, 3.63) is 36.0 Å². The maximum absolute atomic E-state index is 6.32. The number of nitrogens with zero attached hydrogens (tertiary/aromatic N) is 2. The van der Waals surface area contributed by atoms with Crippen molar-refractivity contribution in [3.63, 3.8) is 0 Å². The number of ether oxygens (including phenoxy) is 1. The molecule has 3 heteroatoms. The number of aromatic nitrogens is 1. The number of pyridine rings is 1. The van der Waals surface area contributed by atoms with Crippen molar-refractivity contribution in [1.82, 2.24) is 9.88 Å². The van der Waals surface area contributed by atoms with E-state index >= 15 is 0 Å². The van der Waals surface area contributed by atoms with Gasteiger partial charge < -0.3 is 4.74 Å². The van der Waals surface area contributed by atoms with Gasteiger partial charge in [-0.3, -0.25) is 9.88 Å². The standard InChI is InChI=1S/C19H26N2O/c1-14-6-5-7-16-17(8-11-20-18(14)16)22-15-9-12-21(13-10-15)19(2,3)4/h5-8,11,15H,9-10,12-13H2,1-4H3. The molecule has 0 bridgehead atoms. The lowest BCUT2D eigenvalue weighted by molar-refractivity contribution is 0.0498. The lowest BCUT2D eigenvalue weighted by Crippen LogP contribution is -2.48. The Balaban J connectivity index is 1.74. The molecule has 0 spiro atoms. The van der Waals surface area contributed by atoms with E-state index in [2.05, 4.69) is 55.8 Å². The summed E-state index contributed by atoms with van der Waals surface area (Å²) in [6.45, 7) is 11.2. The highest BCUT2D eigenvalue weighted by atomic mass is 16.5. The quantitative estimate of drug-likeness (QED) is 0.831. The average molecular weight is 298 g/mol. The van der Waals surface area contributed by atoms with Crippen molar-refractivity contribution in [2.24, 2.45) is 0 Å². The van der Waals surface area contributed by atoms with E-state index in [9.17, 15) is 0 Å². The molecule has 22 heavy (non-hydrogen) atoms. The summed E-state index contributed by atoms with van der Waals surface area (Å²) >= 11 is 0. The van der Waals surface area contributed by atoms with Gasteiger partial charge in [-0.2, -0.15) is 0 Å². The van der Waals surface area contributed by atoms with Crippen LogP contribution in [0.5, 0.6) is 5.75 Å². The number of rotatable bonds is 2. The monoisotopic (exact) mass is 298 g/mol. The minimum Gasteiger partial charge on any atom is -0.490 e. The molecule has 0 amide bonds. The number of para-hydroxylation sites is 1. The van der Waals surface area contributed by atoms with Crippen molar-refractivity contribution in [1.29, 1.82) is 0 Å². The van der Waals surface area contributed by atoms with Gasteiger partial charge in [0.25, 0.3) is 0 Å². The Morgan fingerprint density at radius 2 is 1.86 bits per heavy atom. The molecule has 0 N–H and O–H groups in total. The van der Waals surface area contributed by atoms with Crippen molar-refractivity contribution < 1.29 is 4.74 Å². The lowest BCUT2D eigenvalue weighted by Gasteiger charge is -2.40. The van der Waals surface area contributed by atoms with E-state index in [1.165, 1.54) is 5.56 Å². The van der Waals surface area contributed by atoms with Crippen LogP contribution < -0.4 is 4.74 Å². The Morgan fingerprint density at radius 1 is 1.14 bits per heavy atom. The van der Waals surface area contributed by atoms with Crippen LogP contribution in [0.25, 0.3) is 10.9 Å². The van der Waals surface area contributed by atoms with Gasteiger partial charge in [0.15, 0.2) is 0 Å². The van der Waals surface area contributed by atoms with E-state index in [0.717, 1.165) is 42.6 Å². The molecule has 1 saturated heterocycles. The number of fused-ring (bicyclic) bond motifs is 1. The van der Waals surface area contributed by atoms with Gasteiger partial charge in [0, 0.05) is 30.2 Å². The highest BCUT2D eigenvalue weighted by Gasteiger charge is 2.28. The maximum Gasteiger partial charge on any atom is 0.130 e. The maximum atomic E-state index is 6.32. The number of hydrogen-bond acceptors (Lipinski definition) is 3. The fraction of sp³-hybridized carbons (Fsp3) is 0.526. The summed E-state index contributed by atoms with van der Waals surface area (Å²) in [4.78, 5) is 7.03. The van der Waals surface area contributed by atoms with E-state index in [0.29, 0.717) is 6.10 Å². The van der Waals surface area contributed by atoms with Crippen LogP contribution >= 0.6 is 0 Å². The summed E-state index contributed by atoms with van der Waals surface area (Å²) < 4.78 is 6.32. The van der Waals surface area contributed by atoms with Crippen LogP contribution in [-0.2, 0) is 0 Å². The molecule has 3 rings (SSSR count). The van der Waals surface area contributed by atoms with Crippen LogP contribution in [0, 0.1) is 6.92 Å². The molecule has 2 aromatic rings. The van der Waals surface area contributed by atoms with E-state index in [4.69, 9.17) is 4.74 Å². The molecular formula is C19H26N2O. The third kappa shape index (κ3) is 3.09. The molecule has 1 aliphatic heterocycles. The van der Waals surface area contributed by atoms with Crippen molar-refractivity contribution in [2.75, 3.05) is 13.1 Å². The third-order valence-corrected chi connectivity index (χ3v) is 4.62. The fourth-order valence-electron chi connectivity index (χ4n) is 3.23. The molecule has 0 aliphatic carbocycles. The van der Waals surface area contributed by atoms with Gasteiger partial charge in [0.2, 0.25) is 0 Å². The van der Waals surface area contributed by atoms with Gasteiger partial charge in [-0.1, -0.05) is 12.1 Å². The minimum atomic E-state index is 0.255. The van der Waals surface area contributed by atoms with Crippen LogP contribution in [0.3, 0.4) is 0 Å². The second kappa shape index (κ2) is 5.88. The predicted molar refractivity (Wildman–Crippen MR) is 91.5 cm³/mol. The highest BCUT2D eigenvalue weighted by Crippen LogP contribution is 2.29. The van der Waals surface area contributed by atoms with Gasteiger partial charge in [-0.05, 0) is 58.2 Å². The number of piperidine rings is 1. The Kier molecular flexibility index (Phi) is 4.09. The molecule has 118 valence electrons. The van der Waals surface area contributed by atoms with E-state index in [1.54, 1.807) is 0 Å². The zero-order chi connectivity index (χ0) is 15.7. The summed E-state index contributed by atoms with van der Waals surface area (Å²) in [6, 6.07) is 8.28. The SMILES string of the molecule is Cc1cccc2c(OC3CCN(C(C)(C)C)CC3)ccnc12. The molecule has 0 atom stereocenters. The highest BCUT2D eigenvalue weighted by molar-refractivity contribution is 5.87. The zero-order valence-electron chi connectivity index (χ0n) is 14.1. The number of benzene rings is 1. The normalized spacial score (nSPS) is 17.8. The molecule has 1 aromatic heterocycles. The molecule has 3 nitrogen and oxygen atoms in total. The smallest absolute Gasteiger partial charge is 0.130 e. The first-order valence-electron chi connectivity index (χ1n) is 8.21. The van der Waals surface area contributed by atoms with E-state index < -0.39 is 0 Å². The lowest BCUT2D eigenvalue weighted by atomic mass is 9.99. The van der Waals surface area contributed by atoms with Crippen LogP contribution in [0.15, 0.2) is 30.5 Å². The number of likely N-dealkylation sites (tertiary alicyclic amines) is 1. The molecule has 0 radical (unpaired) electrons. The molecule has 1 fully saturated rings. The van der Waals surface area contributed by atoms with Crippen LogP contribution in [0.1, 0.15) is 39.2 Å². The first kappa shape index (κ1) is 15.3. The number of aryl methyl sites for hydroxylation is 1. The van der Waals surface area contributed by atoms with Gasteiger partial charge in [-0.25, -0.2) is 0 Å². The second-order valence-electron chi connectivity index (χ2n) is 7.26. The Labute approximate surface area is 133 Å². The molecular weight excluding hydrogens is 272 g/mol. The van der Waals surface area contributed by atoms with Crippen LogP contribution in [0.2, 0.25) is 0 Å². The number of hydrogen-bond donors (Lipinski definition) is 0. The Morgan fingerprint density at radius 3 is 2.55 bits per heavy atom. The van der Waals surface area contributed by atoms with Gasteiger partial charge in [0.05, 0.1) is 5.52 Å². The summed E-state index contributed by atoms with van der Waals surface area (Å²) in [5.74, 6) is 0.975. The predicted octanol–water partition coefficient (Wildman–Crippen LogP) is 4.18. The molecule has 2 heterocycles. The summed E-state index contributed by atoms with van der Waals surface area (Å²) in [7, 11) is 0. The Hall–Kier alpha value is -1.61. The molecule has 0 saturated carbocycles. The minimum absolute atomic E-state index is 0.255.